The molecule has 3 fully saturated rings. The molecule has 222 valence electrons. The van der Waals surface area contributed by atoms with E-state index in [9.17, 15) is 9.59 Å². The minimum absolute atomic E-state index is 0.0204. The third-order valence-corrected chi connectivity index (χ3v) is 9.99. The number of nitrogens with one attached hydrogen (secondary N) is 1. The average Bonchev–Trinajstić information content (AvgIpc) is 3.51. The number of amides is 2. The normalized spacial score (nSPS) is 24.5. The highest BCUT2D eigenvalue weighted by atomic mass is 79.9. The summed E-state index contributed by atoms with van der Waals surface area (Å²) in [7, 11) is 0. The van der Waals surface area contributed by atoms with Gasteiger partial charge in [-0.15, -0.1) is 11.8 Å². The lowest BCUT2D eigenvalue weighted by Gasteiger charge is -2.42. The number of ether oxygens (including phenoxy) is 2. The molecule has 0 saturated carbocycles. The summed E-state index contributed by atoms with van der Waals surface area (Å²) in [5.74, 6) is 1.55. The Bertz CT molecular complexity index is 1120. The van der Waals surface area contributed by atoms with Gasteiger partial charge in [0.25, 0.3) is 0 Å². The van der Waals surface area contributed by atoms with E-state index in [0.29, 0.717) is 49.4 Å². The van der Waals surface area contributed by atoms with Crippen molar-refractivity contribution in [2.24, 2.45) is 4.99 Å². The van der Waals surface area contributed by atoms with Crippen LogP contribution < -0.4 is 5.32 Å². The maximum absolute atomic E-state index is 12.5. The Morgan fingerprint density at radius 2 is 2.12 bits per heavy atom. The van der Waals surface area contributed by atoms with Crippen LogP contribution in [0, 0.1) is 0 Å². The molecular formula is C28H41BrClN5O4S. The maximum atomic E-state index is 12.5. The van der Waals surface area contributed by atoms with Crippen LogP contribution in [0.4, 0.5) is 10.5 Å². The summed E-state index contributed by atoms with van der Waals surface area (Å²) in [6, 6.07) is 2.62. The fourth-order valence-electron chi connectivity index (χ4n) is 5.55. The number of benzene rings is 1. The Kier molecular flexibility index (Phi) is 10.7. The van der Waals surface area contributed by atoms with Crippen molar-refractivity contribution >= 4 is 63.3 Å². The summed E-state index contributed by atoms with van der Waals surface area (Å²) >= 11 is 11.6. The Morgan fingerprint density at radius 3 is 2.73 bits per heavy atom. The summed E-state index contributed by atoms with van der Waals surface area (Å²) in [4.78, 5) is 36.0. The molecule has 4 bridgehead atoms. The zero-order chi connectivity index (χ0) is 29.0. The number of nitrogens with zero attached hydrogens (tertiary/aromatic N) is 4. The molecule has 1 aromatic rings. The van der Waals surface area contributed by atoms with Crippen molar-refractivity contribution in [3.8, 4) is 0 Å². The van der Waals surface area contributed by atoms with E-state index in [-0.39, 0.29) is 12.1 Å². The number of morpholine rings is 1. The number of halogens is 2. The van der Waals surface area contributed by atoms with Crippen molar-refractivity contribution in [2.75, 3.05) is 56.9 Å². The molecule has 0 aromatic heterocycles. The highest BCUT2D eigenvalue weighted by Crippen LogP contribution is 2.43. The zero-order valence-corrected chi connectivity index (χ0v) is 27.2. The van der Waals surface area contributed by atoms with Crippen molar-refractivity contribution in [3.63, 3.8) is 0 Å². The molecule has 4 aliphatic heterocycles. The van der Waals surface area contributed by atoms with E-state index in [1.54, 1.807) is 16.7 Å². The van der Waals surface area contributed by atoms with Gasteiger partial charge in [-0.3, -0.25) is 14.7 Å². The Labute approximate surface area is 255 Å². The number of hydrogen-bond acceptors (Lipinski definition) is 8. The van der Waals surface area contributed by atoms with E-state index in [4.69, 9.17) is 26.1 Å². The Hall–Kier alpha value is -1.53. The Morgan fingerprint density at radius 1 is 1.35 bits per heavy atom. The second-order valence-electron chi connectivity index (χ2n) is 11.5. The summed E-state index contributed by atoms with van der Waals surface area (Å²) in [5, 5.41) is 3.41. The second-order valence-corrected chi connectivity index (χ2v) is 13.9. The molecule has 0 spiro atoms. The number of anilines is 1. The molecular weight excluding hydrogens is 618 g/mol. The van der Waals surface area contributed by atoms with Gasteiger partial charge < -0.3 is 24.6 Å². The van der Waals surface area contributed by atoms with Crippen LogP contribution in [-0.4, -0.2) is 108 Å². The molecule has 3 unspecified atom stereocenters. The lowest BCUT2D eigenvalue weighted by molar-refractivity contribution is -0.105. The molecule has 0 radical (unpaired) electrons. The van der Waals surface area contributed by atoms with Crippen molar-refractivity contribution in [1.29, 1.82) is 0 Å². The lowest BCUT2D eigenvalue weighted by Crippen LogP contribution is -2.56. The molecule has 12 heteroatoms. The fraction of sp³-hybridized carbons (Fsp3) is 0.679. The zero-order valence-electron chi connectivity index (χ0n) is 24.0. The van der Waals surface area contributed by atoms with Crippen molar-refractivity contribution in [1.82, 2.24) is 14.7 Å². The van der Waals surface area contributed by atoms with Crippen LogP contribution in [0.15, 0.2) is 20.4 Å². The van der Waals surface area contributed by atoms with Crippen LogP contribution in [0.5, 0.6) is 0 Å². The van der Waals surface area contributed by atoms with Crippen LogP contribution in [0.25, 0.3) is 0 Å². The minimum atomic E-state index is -0.529. The number of likely N-dealkylation sites (tertiary alicyclic amines) is 1. The summed E-state index contributed by atoms with van der Waals surface area (Å²) < 4.78 is 11.8. The van der Waals surface area contributed by atoms with Gasteiger partial charge >= 0.3 is 6.09 Å². The average molecular weight is 659 g/mol. The summed E-state index contributed by atoms with van der Waals surface area (Å²) in [6.45, 7) is 15.6. The molecule has 4 aliphatic rings. The van der Waals surface area contributed by atoms with E-state index in [0.717, 1.165) is 39.2 Å². The molecule has 3 atom stereocenters. The number of piperazine rings is 1. The third-order valence-electron chi connectivity index (χ3n) is 7.30. The van der Waals surface area contributed by atoms with Gasteiger partial charge in [0.15, 0.2) is 0 Å². The number of carbonyl (C=O) groups is 2. The van der Waals surface area contributed by atoms with Gasteiger partial charge in [-0.2, -0.15) is 0 Å². The van der Waals surface area contributed by atoms with E-state index in [1.807, 2.05) is 26.8 Å². The Balaban J connectivity index is 0.000000307. The van der Waals surface area contributed by atoms with Crippen LogP contribution in [0.1, 0.15) is 53.0 Å². The first-order chi connectivity index (χ1) is 19.0. The van der Waals surface area contributed by atoms with Crippen LogP contribution in [-0.2, 0) is 14.3 Å². The number of carbonyl (C=O) groups excluding carboxylic acids is 2. The van der Waals surface area contributed by atoms with Crippen molar-refractivity contribution in [3.05, 3.63) is 21.1 Å². The second kappa shape index (κ2) is 13.6. The van der Waals surface area contributed by atoms with Crippen molar-refractivity contribution in [2.45, 2.75) is 76.1 Å². The fourth-order valence-corrected chi connectivity index (χ4v) is 7.40. The van der Waals surface area contributed by atoms with Crippen molar-refractivity contribution < 1.29 is 19.1 Å². The topological polar surface area (TPSA) is 86.7 Å². The first kappa shape index (κ1) is 31.4. The lowest BCUT2D eigenvalue weighted by atomic mass is 10.1. The monoisotopic (exact) mass is 657 g/mol. The molecule has 2 amide bonds. The smallest absolute Gasteiger partial charge is 0.410 e. The standard InChI is InChI=1S/C20H26BrClN4O3S.C8H15NO/c1-12-10-25(19(28)29-20(2,3)4)6-7-26(12)18-13-9-14(22)15(21)17(16(13)24-11-27)30-8-5-23-18;1-2-3-9-5-8-4-7(9)6-10-8/h9,11-12H,5-8,10H2,1-4H3,(H,24,27);7-8H,2-6H2,1H3. The van der Waals surface area contributed by atoms with E-state index in [2.05, 4.69) is 44.9 Å². The van der Waals surface area contributed by atoms with Gasteiger partial charge in [0.05, 0.1) is 34.4 Å². The SMILES string of the molecule is CC1CN(C(=O)OC(C)(C)C)CCN1C1=NCCSc2c(Br)c(Cl)cc1c2NC=O.CCCN1CC2CC1CO2. The number of amidine groups is 1. The molecule has 5 rings (SSSR count). The highest BCUT2D eigenvalue weighted by Gasteiger charge is 2.38. The minimum Gasteiger partial charge on any atom is -0.444 e. The van der Waals surface area contributed by atoms with Crippen LogP contribution in [0.3, 0.4) is 0 Å². The molecule has 9 nitrogen and oxygen atoms in total. The van der Waals surface area contributed by atoms with E-state index >= 15 is 0 Å². The molecule has 0 aliphatic carbocycles. The number of rotatable bonds is 4. The quantitative estimate of drug-likeness (QED) is 0.438. The van der Waals surface area contributed by atoms with Gasteiger partial charge in [0, 0.05) is 54.5 Å². The van der Waals surface area contributed by atoms with E-state index < -0.39 is 5.60 Å². The highest BCUT2D eigenvalue weighted by molar-refractivity contribution is 9.10. The number of aliphatic imine (C=N–C) groups is 1. The first-order valence-electron chi connectivity index (χ1n) is 14.0. The molecule has 1 aromatic carbocycles. The largest absolute Gasteiger partial charge is 0.444 e. The van der Waals surface area contributed by atoms with Gasteiger partial charge in [0.1, 0.15) is 11.4 Å². The maximum Gasteiger partial charge on any atom is 0.410 e. The number of thioether (sulfide) groups is 1. The van der Waals surface area contributed by atoms with Crippen LogP contribution in [0.2, 0.25) is 5.02 Å². The summed E-state index contributed by atoms with van der Waals surface area (Å²) in [6.07, 6.45) is 3.52. The molecule has 1 N–H and O–H groups in total. The number of hydrogen-bond donors (Lipinski definition) is 1. The molecule has 4 heterocycles. The number of fused-ring (bicyclic) bond motifs is 4. The van der Waals surface area contributed by atoms with Gasteiger partial charge in [-0.1, -0.05) is 18.5 Å². The van der Waals surface area contributed by atoms with Gasteiger partial charge in [0.2, 0.25) is 6.41 Å². The summed E-state index contributed by atoms with van der Waals surface area (Å²) in [5.41, 5.74) is 0.959. The predicted molar refractivity (Wildman–Crippen MR) is 165 cm³/mol. The third kappa shape index (κ3) is 7.45. The van der Waals surface area contributed by atoms with Crippen LogP contribution >= 0.6 is 39.3 Å². The molecule has 3 saturated heterocycles. The van der Waals surface area contributed by atoms with E-state index in [1.165, 1.54) is 25.9 Å². The first-order valence-corrected chi connectivity index (χ1v) is 16.2. The van der Waals surface area contributed by atoms with Gasteiger partial charge in [-0.25, -0.2) is 4.79 Å². The molecule has 40 heavy (non-hydrogen) atoms. The van der Waals surface area contributed by atoms with Gasteiger partial charge in [-0.05, 0) is 69.1 Å². The predicted octanol–water partition coefficient (Wildman–Crippen LogP) is 5.33.